The molecule has 0 N–H and O–H groups in total. The van der Waals surface area contributed by atoms with Gasteiger partial charge in [-0.15, -0.1) is 0 Å². The Kier molecular flexibility index (Phi) is 32.3. The lowest BCUT2D eigenvalue weighted by Crippen LogP contribution is -2.34. The first-order valence-electron chi connectivity index (χ1n) is 48.3. The summed E-state index contributed by atoms with van der Waals surface area (Å²) in [5, 5.41) is 3.44. The average Bonchev–Trinajstić information content (AvgIpc) is 0.842. The van der Waals surface area contributed by atoms with E-state index in [1.807, 2.05) is 50.2 Å². The molecule has 0 saturated heterocycles. The quantitative estimate of drug-likeness (QED) is 0.106. The Balaban J connectivity index is 0.000000129. The van der Waals surface area contributed by atoms with Crippen molar-refractivity contribution in [1.82, 2.24) is 66.9 Å². The fourth-order valence-corrected chi connectivity index (χ4v) is 20.5. The van der Waals surface area contributed by atoms with Gasteiger partial charge in [0, 0.05) is 66.6 Å². The van der Waals surface area contributed by atoms with Crippen LogP contribution in [0.15, 0.2) is 263 Å². The van der Waals surface area contributed by atoms with Crippen molar-refractivity contribution in [2.75, 3.05) is 0 Å². The molecular formula is C113H107BrClF5N14O14. The highest BCUT2D eigenvalue weighted by Crippen LogP contribution is 2.38. The van der Waals surface area contributed by atoms with Crippen molar-refractivity contribution in [1.29, 1.82) is 0 Å². The molecule has 762 valence electrons. The number of hydrogen-bond donors (Lipinski definition) is 0. The predicted octanol–water partition coefficient (Wildman–Crippen LogP) is 20.6. The predicted molar refractivity (Wildman–Crippen MR) is 562 cm³/mol. The zero-order valence-electron chi connectivity index (χ0n) is 82.7. The lowest BCUT2D eigenvalue weighted by atomic mass is 9.90. The first-order valence-corrected chi connectivity index (χ1v) is 49.5. The molecule has 7 aromatic carbocycles. The smallest absolute Gasteiger partial charge is 0.297 e. The van der Waals surface area contributed by atoms with Crippen molar-refractivity contribution < 1.29 is 55.5 Å². The normalized spacial score (nSPS) is 19.3. The average molecular weight is 2100 g/mol. The second-order valence-electron chi connectivity index (χ2n) is 38.6. The van der Waals surface area contributed by atoms with E-state index in [9.17, 15) is 89.1 Å². The van der Waals surface area contributed by atoms with Crippen LogP contribution in [0.1, 0.15) is 223 Å². The van der Waals surface area contributed by atoms with Gasteiger partial charge < -0.3 is 0 Å². The number of aromatic nitrogens is 14. The van der Waals surface area contributed by atoms with Gasteiger partial charge in [0.25, 0.3) is 38.9 Å². The summed E-state index contributed by atoms with van der Waals surface area (Å²) in [5.74, 6) is 1.56. The molecule has 0 amide bonds. The number of alkyl halides is 3. The molecule has 0 spiro atoms. The Morgan fingerprint density at radius 2 is 0.527 bits per heavy atom. The van der Waals surface area contributed by atoms with E-state index >= 15 is 0 Å². The van der Waals surface area contributed by atoms with Crippen molar-refractivity contribution in [2.24, 2.45) is 0 Å². The molecule has 21 rings (SSSR count). The SMILES string of the molecule is C=C1CCC(n2c(C)nc3cc(Br)ccc3c2=O)C(=O)C1.C=C1CCC(n2c(C)nc3cc(C(F)(F)F)ccc3c2=O)C(=O)C1.C=C1CCC(n2c(C)nc3cc(C)ccc3c2=O)C(=O)C1.C=C1CCC(n2c(C)nc3cc(Cl)ccc3c2=O)C(=O)C1.C=C1CCC(n2c(C)nc3cc(F)ccc3c2=O)C(=O)C1.C=C1CCC(n2cnc3cc(C)ccc3c2=O)C(=O)C1.C=C1CCC(n2cnc3cc(F)ccc3c2=O)C(=O)C1. The van der Waals surface area contributed by atoms with Crippen LogP contribution in [-0.4, -0.2) is 107 Å². The Morgan fingerprint density at radius 3 is 0.838 bits per heavy atom. The number of benzene rings is 7. The summed E-state index contributed by atoms with van der Waals surface area (Å²) in [6.45, 7) is 39.3. The van der Waals surface area contributed by atoms with E-state index in [0.29, 0.717) is 184 Å². The molecule has 7 aromatic heterocycles. The van der Waals surface area contributed by atoms with Crippen molar-refractivity contribution in [3.8, 4) is 0 Å². The highest BCUT2D eigenvalue weighted by Gasteiger charge is 2.38. The number of halogens is 7. The number of rotatable bonds is 7. The van der Waals surface area contributed by atoms with Crippen LogP contribution in [0.3, 0.4) is 0 Å². The minimum atomic E-state index is -4.50. The van der Waals surface area contributed by atoms with E-state index in [4.69, 9.17) is 11.6 Å². The van der Waals surface area contributed by atoms with Gasteiger partial charge in [0.1, 0.15) is 40.8 Å². The standard InChI is InChI=1S/C17H15F3N2O2.C17H18N2O2.C16H15BrN2O2.C16H15ClN2O2.C16H15FN2O2.C16H16N2O2.C15H13FN2O2/c1-9-3-6-14(15(23)7-9)22-10(2)21-13-8-11(17(18,19)20)4-5-12(13)16(22)24;1-10-4-6-13-14(8-10)18-12(3)19(17(13)21)15-7-5-11(2)9-16(15)20;3*1-9-3-6-14(15(20)7-9)19-10(2)18-13-8-11(17)4-5-12(13)16(19)21;1-10-3-5-12-13(7-10)17-9-18(16(12)20)14-6-4-11(2)8-15(14)19;1-9-2-5-13(14(19)6-9)18-8-17-12-7-10(16)3-4-11(12)15(18)20/h4-5,8,14H,1,3,6-7H2,2H3;4,6,8,15H,2,5,7,9H2,1,3H3;3*4-5,8,14H,1,3,6-7H2,2H3;3,5,7,9,14H,2,4,6,8H2,1H3;3-4,7-8,13H,1-2,5-6H2. The molecule has 7 fully saturated rings. The summed E-state index contributed by atoms with van der Waals surface area (Å²) < 4.78 is 75.9. The third-order valence-electron chi connectivity index (χ3n) is 27.6. The van der Waals surface area contributed by atoms with E-state index in [0.717, 1.165) is 111 Å². The monoisotopic (exact) mass is 2090 g/mol. The topological polar surface area (TPSA) is 364 Å². The van der Waals surface area contributed by atoms with Crippen LogP contribution < -0.4 is 38.9 Å². The van der Waals surface area contributed by atoms with Gasteiger partial charge in [-0.3, -0.25) is 99.1 Å². The summed E-state index contributed by atoms with van der Waals surface area (Å²) >= 11 is 9.32. The fourth-order valence-electron chi connectivity index (χ4n) is 20.0. The molecule has 7 aliphatic rings. The first kappa shape index (κ1) is 107. The van der Waals surface area contributed by atoms with E-state index in [2.05, 4.69) is 96.9 Å². The first-order chi connectivity index (χ1) is 70.2. The maximum atomic E-state index is 13.2. The van der Waals surface area contributed by atoms with Crippen LogP contribution in [0.2, 0.25) is 5.02 Å². The van der Waals surface area contributed by atoms with Crippen molar-refractivity contribution in [3.63, 3.8) is 0 Å². The van der Waals surface area contributed by atoms with Crippen molar-refractivity contribution in [3.05, 3.63) is 365 Å². The van der Waals surface area contributed by atoms with E-state index < -0.39 is 71.2 Å². The number of fused-ring (bicyclic) bond motifs is 7. The van der Waals surface area contributed by atoms with E-state index in [-0.39, 0.29) is 97.0 Å². The van der Waals surface area contributed by atoms with Gasteiger partial charge in [-0.1, -0.05) is 125 Å². The van der Waals surface area contributed by atoms with Crippen LogP contribution in [-0.2, 0) is 39.7 Å². The van der Waals surface area contributed by atoms with Crippen molar-refractivity contribution >= 4 is 144 Å². The molecule has 35 heteroatoms. The lowest BCUT2D eigenvalue weighted by molar-refractivity contribution is -0.137. The molecule has 7 heterocycles. The van der Waals surface area contributed by atoms with Gasteiger partial charge in [-0.2, -0.15) is 13.2 Å². The molecule has 7 saturated carbocycles. The van der Waals surface area contributed by atoms with Crippen LogP contribution in [0.5, 0.6) is 0 Å². The Bertz CT molecular complexity index is 7810. The molecule has 0 bridgehead atoms. The van der Waals surface area contributed by atoms with E-state index in [1.54, 1.807) is 73.2 Å². The number of hydrogen-bond acceptors (Lipinski definition) is 21. The number of nitrogens with zero attached hydrogens (tertiary/aromatic N) is 14. The number of aryl methyl sites for hydroxylation is 7. The van der Waals surface area contributed by atoms with Gasteiger partial charge in [0.2, 0.25) is 0 Å². The number of carbonyl (C=O) groups is 7. The van der Waals surface area contributed by atoms with Crippen LogP contribution in [0.4, 0.5) is 22.0 Å². The maximum Gasteiger partial charge on any atom is 0.416 e. The summed E-state index contributed by atoms with van der Waals surface area (Å²) in [7, 11) is 0. The molecule has 7 aliphatic carbocycles. The highest BCUT2D eigenvalue weighted by molar-refractivity contribution is 9.10. The third-order valence-corrected chi connectivity index (χ3v) is 28.4. The number of allylic oxidation sites excluding steroid dienone is 7. The molecule has 0 aliphatic heterocycles. The molecule has 7 unspecified atom stereocenters. The minimum Gasteiger partial charge on any atom is -0.297 e. The number of ketones is 7. The Labute approximate surface area is 857 Å². The molecule has 14 aromatic rings. The second kappa shape index (κ2) is 44.6. The molecule has 148 heavy (non-hydrogen) atoms. The second-order valence-corrected chi connectivity index (χ2v) is 40.0. The van der Waals surface area contributed by atoms with Crippen LogP contribution >= 0.6 is 27.5 Å². The lowest BCUT2D eigenvalue weighted by Gasteiger charge is -2.25. The zero-order chi connectivity index (χ0) is 107. The van der Waals surface area contributed by atoms with Crippen LogP contribution in [0.25, 0.3) is 76.3 Å². The minimum absolute atomic E-state index is 0.0142. The number of Topliss-reactive ketones (excluding diaryl/α,β-unsaturated/α-hetero) is 7. The maximum absolute atomic E-state index is 13.2. The van der Waals surface area contributed by atoms with Gasteiger partial charge in [-0.05, 0) is 253 Å². The molecular weight excluding hydrogens is 1990 g/mol. The largest absolute Gasteiger partial charge is 0.416 e. The number of carbonyl (C=O) groups excluding carboxylic acids is 7. The van der Waals surface area contributed by atoms with Gasteiger partial charge in [-0.25, -0.2) is 43.7 Å². The molecule has 0 radical (unpaired) electrons. The summed E-state index contributed by atoms with van der Waals surface area (Å²) in [4.78, 5) is 204. The van der Waals surface area contributed by atoms with Gasteiger partial charge in [0.15, 0.2) is 40.5 Å². The Hall–Kier alpha value is -15.2. The summed E-state index contributed by atoms with van der Waals surface area (Å²) in [6, 6.07) is 28.8. The van der Waals surface area contributed by atoms with Gasteiger partial charge >= 0.3 is 6.18 Å². The molecule has 28 nitrogen and oxygen atoms in total. The van der Waals surface area contributed by atoms with Crippen molar-refractivity contribution in [2.45, 2.75) is 232 Å². The summed E-state index contributed by atoms with van der Waals surface area (Å²) in [5.41, 5.74) is 9.20. The third kappa shape index (κ3) is 23.4. The Morgan fingerprint density at radius 1 is 0.291 bits per heavy atom. The molecule has 7 atom stereocenters. The summed E-state index contributed by atoms with van der Waals surface area (Å²) in [6.07, 6.45) is 9.86. The van der Waals surface area contributed by atoms with Gasteiger partial charge in [0.05, 0.1) is 137 Å². The van der Waals surface area contributed by atoms with E-state index in [1.165, 1.54) is 78.8 Å². The van der Waals surface area contributed by atoms with Crippen LogP contribution in [0, 0.1) is 60.1 Å². The fraction of sp³-hybridized carbons (Fsp3) is 0.319. The zero-order valence-corrected chi connectivity index (χ0v) is 85.1. The highest BCUT2D eigenvalue weighted by atomic mass is 79.9.